The molecule has 0 saturated heterocycles. The molecule has 2 heterocycles. The zero-order valence-electron chi connectivity index (χ0n) is 14.1. The van der Waals surface area contributed by atoms with E-state index in [2.05, 4.69) is 41.8 Å². The smallest absolute Gasteiger partial charge is 0.229 e. The molecule has 0 spiro atoms. The van der Waals surface area contributed by atoms with Crippen molar-refractivity contribution in [2.75, 3.05) is 16.0 Å². The number of hydrogen-bond acceptors (Lipinski definition) is 5. The summed E-state index contributed by atoms with van der Waals surface area (Å²) in [5, 5.41) is 9.04. The average Bonchev–Trinajstić information content (AvgIpc) is 3.02. The van der Waals surface area contributed by atoms with Crippen LogP contribution in [0.5, 0.6) is 0 Å². The third-order valence-corrected chi connectivity index (χ3v) is 4.72. The molecule has 3 aromatic rings. The highest BCUT2D eigenvalue weighted by Gasteiger charge is 2.17. The van der Waals surface area contributed by atoms with Crippen LogP contribution in [0.3, 0.4) is 0 Å². The van der Waals surface area contributed by atoms with Gasteiger partial charge in [0.15, 0.2) is 0 Å². The first-order chi connectivity index (χ1) is 13.1. The molecule has 0 bridgehead atoms. The van der Waals surface area contributed by atoms with Crippen molar-refractivity contribution >= 4 is 45.0 Å². The molecule has 4 rings (SSSR count). The van der Waals surface area contributed by atoms with E-state index in [-0.39, 0.29) is 11.7 Å². The van der Waals surface area contributed by atoms with Crippen LogP contribution in [0.1, 0.15) is 11.1 Å². The van der Waals surface area contributed by atoms with Gasteiger partial charge in [-0.25, -0.2) is 9.37 Å². The Morgan fingerprint density at radius 1 is 1.22 bits per heavy atom. The number of rotatable bonds is 5. The van der Waals surface area contributed by atoms with Gasteiger partial charge < -0.3 is 16.0 Å². The third kappa shape index (κ3) is 3.90. The highest BCUT2D eigenvalue weighted by atomic mass is 79.9. The molecule has 0 aliphatic carbocycles. The summed E-state index contributed by atoms with van der Waals surface area (Å²) in [5.74, 6) is 0.652. The summed E-state index contributed by atoms with van der Waals surface area (Å²) in [6.07, 6.45) is 2.02. The lowest BCUT2D eigenvalue weighted by Crippen LogP contribution is -2.06. The van der Waals surface area contributed by atoms with E-state index in [0.717, 1.165) is 16.9 Å². The van der Waals surface area contributed by atoms with Gasteiger partial charge in [-0.05, 0) is 39.7 Å². The molecular formula is C19H15BrFN5O. The normalized spacial score (nSPS) is 12.4. The van der Waals surface area contributed by atoms with E-state index >= 15 is 0 Å². The number of nitrogens with zero attached hydrogens (tertiary/aromatic N) is 2. The quantitative estimate of drug-likeness (QED) is 0.567. The molecule has 2 aromatic carbocycles. The van der Waals surface area contributed by atoms with E-state index in [1.54, 1.807) is 24.4 Å². The van der Waals surface area contributed by atoms with Crippen molar-refractivity contribution in [2.45, 2.75) is 13.0 Å². The van der Waals surface area contributed by atoms with Gasteiger partial charge in [0.05, 0.1) is 10.9 Å². The zero-order chi connectivity index (χ0) is 18.8. The first-order valence-corrected chi connectivity index (χ1v) is 9.07. The van der Waals surface area contributed by atoms with Crippen molar-refractivity contribution in [3.8, 4) is 0 Å². The molecule has 1 aromatic heterocycles. The SMILES string of the molecule is O=C1Cc2ccc(Nc3ncc(Br)c(NCc4ccccc4F)n3)cc2N1. The maximum absolute atomic E-state index is 13.8. The largest absolute Gasteiger partial charge is 0.365 e. The number of halogens is 2. The van der Waals surface area contributed by atoms with Gasteiger partial charge in [-0.1, -0.05) is 24.3 Å². The van der Waals surface area contributed by atoms with E-state index < -0.39 is 0 Å². The summed E-state index contributed by atoms with van der Waals surface area (Å²) in [4.78, 5) is 20.1. The number of amides is 1. The number of benzene rings is 2. The molecule has 0 saturated carbocycles. The van der Waals surface area contributed by atoms with Gasteiger partial charge in [0.2, 0.25) is 11.9 Å². The lowest BCUT2D eigenvalue weighted by atomic mass is 10.1. The lowest BCUT2D eigenvalue weighted by molar-refractivity contribution is -0.115. The molecule has 0 fully saturated rings. The van der Waals surface area contributed by atoms with Crippen LogP contribution in [0.4, 0.5) is 27.5 Å². The maximum Gasteiger partial charge on any atom is 0.229 e. The van der Waals surface area contributed by atoms with Gasteiger partial charge in [0.25, 0.3) is 0 Å². The van der Waals surface area contributed by atoms with Crippen molar-refractivity contribution in [3.63, 3.8) is 0 Å². The first-order valence-electron chi connectivity index (χ1n) is 8.28. The van der Waals surface area contributed by atoms with Crippen molar-refractivity contribution in [1.29, 1.82) is 0 Å². The molecule has 8 heteroatoms. The fourth-order valence-corrected chi connectivity index (χ4v) is 3.12. The van der Waals surface area contributed by atoms with Gasteiger partial charge in [-0.3, -0.25) is 4.79 Å². The summed E-state index contributed by atoms with van der Waals surface area (Å²) in [6.45, 7) is 0.298. The standard InChI is InChI=1S/C19H15BrFN5O/c20-14-10-23-19(24-13-6-5-11-7-17(27)25-16(11)8-13)26-18(14)22-9-12-3-1-2-4-15(12)21/h1-6,8,10H,7,9H2,(H,25,27)(H2,22,23,24,26). The predicted octanol–water partition coefficient (Wildman–Crippen LogP) is 4.23. The van der Waals surface area contributed by atoms with Gasteiger partial charge in [-0.15, -0.1) is 0 Å². The Labute approximate surface area is 163 Å². The van der Waals surface area contributed by atoms with Gasteiger partial charge in [0.1, 0.15) is 11.6 Å². The van der Waals surface area contributed by atoms with Crippen LogP contribution in [0.2, 0.25) is 0 Å². The van der Waals surface area contributed by atoms with E-state index in [4.69, 9.17) is 0 Å². The highest BCUT2D eigenvalue weighted by molar-refractivity contribution is 9.10. The summed E-state index contributed by atoms with van der Waals surface area (Å²) in [5.41, 5.74) is 3.07. The van der Waals surface area contributed by atoms with Crippen molar-refractivity contribution < 1.29 is 9.18 Å². The number of anilines is 4. The van der Waals surface area contributed by atoms with Crippen molar-refractivity contribution in [1.82, 2.24) is 9.97 Å². The number of fused-ring (bicyclic) bond motifs is 1. The van der Waals surface area contributed by atoms with Crippen LogP contribution in [0.15, 0.2) is 53.1 Å². The number of nitrogens with one attached hydrogen (secondary N) is 3. The van der Waals surface area contributed by atoms with E-state index in [1.165, 1.54) is 6.07 Å². The molecule has 0 unspecified atom stereocenters. The van der Waals surface area contributed by atoms with E-state index in [9.17, 15) is 9.18 Å². The monoisotopic (exact) mass is 427 g/mol. The van der Waals surface area contributed by atoms with Crippen molar-refractivity contribution in [3.05, 3.63) is 70.1 Å². The lowest BCUT2D eigenvalue weighted by Gasteiger charge is -2.11. The van der Waals surface area contributed by atoms with Gasteiger partial charge in [-0.2, -0.15) is 4.98 Å². The fraction of sp³-hybridized carbons (Fsp3) is 0.105. The maximum atomic E-state index is 13.8. The second-order valence-corrected chi connectivity index (χ2v) is 6.91. The molecule has 6 nitrogen and oxygen atoms in total. The second-order valence-electron chi connectivity index (χ2n) is 6.06. The Bertz CT molecular complexity index is 1030. The third-order valence-electron chi connectivity index (χ3n) is 4.14. The molecule has 0 atom stereocenters. The molecule has 1 aliphatic rings. The Morgan fingerprint density at radius 3 is 2.93 bits per heavy atom. The topological polar surface area (TPSA) is 78.9 Å². The van der Waals surface area contributed by atoms with Crippen LogP contribution < -0.4 is 16.0 Å². The van der Waals surface area contributed by atoms with Gasteiger partial charge >= 0.3 is 0 Å². The Balaban J connectivity index is 1.50. The summed E-state index contributed by atoms with van der Waals surface area (Å²) in [6, 6.07) is 12.2. The average molecular weight is 428 g/mol. The molecular weight excluding hydrogens is 413 g/mol. The van der Waals surface area contributed by atoms with E-state index in [1.807, 2.05) is 18.2 Å². The number of aromatic nitrogens is 2. The molecule has 1 amide bonds. The highest BCUT2D eigenvalue weighted by Crippen LogP contribution is 2.28. The Hall–Kier alpha value is -3.00. The second kappa shape index (κ2) is 7.32. The summed E-state index contributed by atoms with van der Waals surface area (Å²) < 4.78 is 14.4. The molecule has 3 N–H and O–H groups in total. The number of hydrogen-bond donors (Lipinski definition) is 3. The minimum absolute atomic E-state index is 0.0123. The van der Waals surface area contributed by atoms with Crippen LogP contribution >= 0.6 is 15.9 Å². The predicted molar refractivity (Wildman–Crippen MR) is 106 cm³/mol. The minimum Gasteiger partial charge on any atom is -0.365 e. The fourth-order valence-electron chi connectivity index (χ4n) is 2.79. The van der Waals surface area contributed by atoms with Crippen molar-refractivity contribution in [2.24, 2.45) is 0 Å². The van der Waals surface area contributed by atoms with E-state index in [0.29, 0.717) is 34.8 Å². The van der Waals surface area contributed by atoms with Crippen LogP contribution in [-0.2, 0) is 17.8 Å². The first kappa shape index (κ1) is 17.4. The summed E-state index contributed by atoms with van der Waals surface area (Å²) >= 11 is 3.40. The molecule has 27 heavy (non-hydrogen) atoms. The van der Waals surface area contributed by atoms with Gasteiger partial charge in [0, 0.05) is 29.7 Å². The zero-order valence-corrected chi connectivity index (χ0v) is 15.7. The molecule has 136 valence electrons. The number of carbonyl (C=O) groups excluding carboxylic acids is 1. The summed E-state index contributed by atoms with van der Waals surface area (Å²) in [7, 11) is 0. The molecule has 1 aliphatic heterocycles. The van der Waals surface area contributed by atoms with Crippen LogP contribution in [0.25, 0.3) is 0 Å². The van der Waals surface area contributed by atoms with Crippen LogP contribution in [-0.4, -0.2) is 15.9 Å². The van der Waals surface area contributed by atoms with Crippen LogP contribution in [0, 0.1) is 5.82 Å². The number of carbonyl (C=O) groups is 1. The Kier molecular flexibility index (Phi) is 4.72. The molecule has 0 radical (unpaired) electrons. The minimum atomic E-state index is -0.270. The Morgan fingerprint density at radius 2 is 2.07 bits per heavy atom.